The molecule has 0 bridgehead atoms. The van der Waals surface area contributed by atoms with E-state index in [2.05, 4.69) is 21.2 Å². The zero-order chi connectivity index (χ0) is 18.4. The van der Waals surface area contributed by atoms with Gasteiger partial charge in [0.25, 0.3) is 0 Å². The summed E-state index contributed by atoms with van der Waals surface area (Å²) in [6, 6.07) is 10.4. The van der Waals surface area contributed by atoms with Crippen LogP contribution in [0.1, 0.15) is 18.1 Å². The number of carboxylic acid groups (broad SMARTS) is 1. The van der Waals surface area contributed by atoms with Gasteiger partial charge in [-0.2, -0.15) is 0 Å². The number of aliphatic carboxylic acids is 1. The summed E-state index contributed by atoms with van der Waals surface area (Å²) < 4.78 is 12.0. The summed E-state index contributed by atoms with van der Waals surface area (Å²) in [4.78, 5) is 10.9. The Morgan fingerprint density at radius 3 is 2.56 bits per heavy atom. The van der Waals surface area contributed by atoms with Crippen molar-refractivity contribution in [3.63, 3.8) is 0 Å². The lowest BCUT2D eigenvalue weighted by molar-refractivity contribution is -0.139. The van der Waals surface area contributed by atoms with Gasteiger partial charge in [-0.15, -0.1) is 0 Å². The third-order valence-electron chi connectivity index (χ3n) is 3.61. The van der Waals surface area contributed by atoms with Gasteiger partial charge < -0.3 is 19.9 Å². The van der Waals surface area contributed by atoms with E-state index in [9.17, 15) is 4.79 Å². The molecule has 1 unspecified atom stereocenters. The highest BCUT2D eigenvalue weighted by Crippen LogP contribution is 2.34. The van der Waals surface area contributed by atoms with Gasteiger partial charge in [0.15, 0.2) is 11.5 Å². The zero-order valence-electron chi connectivity index (χ0n) is 13.9. The lowest BCUT2D eigenvalue weighted by atomic mass is 10.2. The molecule has 134 valence electrons. The fourth-order valence-corrected chi connectivity index (χ4v) is 2.67. The lowest BCUT2D eigenvalue weighted by Gasteiger charge is -2.15. The van der Waals surface area contributed by atoms with E-state index < -0.39 is 12.0 Å². The average molecular weight is 429 g/mol. The van der Waals surface area contributed by atoms with Gasteiger partial charge in [-0.05, 0) is 42.3 Å². The molecule has 5 nitrogen and oxygen atoms in total. The maximum absolute atomic E-state index is 10.9. The maximum Gasteiger partial charge on any atom is 0.320 e. The van der Waals surface area contributed by atoms with E-state index >= 15 is 0 Å². The van der Waals surface area contributed by atoms with Crippen molar-refractivity contribution >= 4 is 33.5 Å². The Labute approximate surface area is 160 Å². The molecule has 0 heterocycles. The van der Waals surface area contributed by atoms with Crippen molar-refractivity contribution in [1.82, 2.24) is 5.32 Å². The summed E-state index contributed by atoms with van der Waals surface area (Å²) in [5, 5.41) is 12.6. The first-order chi connectivity index (χ1) is 11.9. The Kier molecular flexibility index (Phi) is 7.11. The number of halogens is 2. The molecule has 0 fully saturated rings. The van der Waals surface area contributed by atoms with Crippen molar-refractivity contribution in [1.29, 1.82) is 0 Å². The van der Waals surface area contributed by atoms with Gasteiger partial charge in [-0.1, -0.05) is 39.7 Å². The first-order valence-corrected chi connectivity index (χ1v) is 8.77. The molecule has 0 saturated heterocycles. The minimum absolute atomic E-state index is 0.383. The van der Waals surface area contributed by atoms with Gasteiger partial charge in [0.05, 0.1) is 7.11 Å². The van der Waals surface area contributed by atoms with Gasteiger partial charge in [-0.25, -0.2) is 0 Å². The molecule has 2 aromatic rings. The molecule has 2 rings (SSSR count). The lowest BCUT2D eigenvalue weighted by Crippen LogP contribution is -2.33. The third-order valence-corrected chi connectivity index (χ3v) is 4.60. The van der Waals surface area contributed by atoms with Crippen LogP contribution in [0.2, 0.25) is 5.02 Å². The number of carbonyl (C=O) groups is 1. The number of hydrogen-bond acceptors (Lipinski definition) is 4. The Morgan fingerprint density at radius 1 is 1.28 bits per heavy atom. The quantitative estimate of drug-likeness (QED) is 0.658. The number of rotatable bonds is 8. The minimum atomic E-state index is -0.897. The molecule has 0 aliphatic carbocycles. The van der Waals surface area contributed by atoms with Crippen LogP contribution in [0.15, 0.2) is 40.9 Å². The van der Waals surface area contributed by atoms with Gasteiger partial charge in [0, 0.05) is 16.0 Å². The van der Waals surface area contributed by atoms with Crippen molar-refractivity contribution in [3.8, 4) is 11.5 Å². The summed E-state index contributed by atoms with van der Waals surface area (Å²) in [5.41, 5.74) is 1.87. The highest BCUT2D eigenvalue weighted by molar-refractivity contribution is 9.10. The van der Waals surface area contributed by atoms with Gasteiger partial charge in [0.1, 0.15) is 12.6 Å². The summed E-state index contributed by atoms with van der Waals surface area (Å²) in [5.74, 6) is 0.280. The van der Waals surface area contributed by atoms with Crippen LogP contribution in [-0.4, -0.2) is 24.2 Å². The van der Waals surface area contributed by atoms with E-state index in [1.807, 2.05) is 36.4 Å². The Hall–Kier alpha value is -1.76. The second-order valence-corrected chi connectivity index (χ2v) is 6.74. The van der Waals surface area contributed by atoms with E-state index in [0.717, 1.165) is 15.6 Å². The second kappa shape index (κ2) is 9.08. The number of nitrogens with one attached hydrogen (secondary N) is 1. The predicted octanol–water partition coefficient (Wildman–Crippen LogP) is 4.25. The van der Waals surface area contributed by atoms with Crippen molar-refractivity contribution in [2.75, 3.05) is 7.11 Å². The smallest absolute Gasteiger partial charge is 0.320 e. The van der Waals surface area contributed by atoms with E-state index in [1.165, 1.54) is 0 Å². The zero-order valence-corrected chi connectivity index (χ0v) is 16.2. The molecule has 0 saturated carbocycles. The first-order valence-electron chi connectivity index (χ1n) is 7.60. The fraction of sp³-hybridized carbons (Fsp3) is 0.278. The van der Waals surface area contributed by atoms with Crippen LogP contribution in [0.5, 0.6) is 11.5 Å². The van der Waals surface area contributed by atoms with Gasteiger partial charge in [0.2, 0.25) is 0 Å². The van der Waals surface area contributed by atoms with Crippen molar-refractivity contribution in [2.45, 2.75) is 26.1 Å². The first kappa shape index (κ1) is 19.6. The number of hydrogen-bond donors (Lipinski definition) is 2. The van der Waals surface area contributed by atoms with E-state index in [0.29, 0.717) is 29.7 Å². The number of methoxy groups -OCH3 is 1. The monoisotopic (exact) mass is 427 g/mol. The Morgan fingerprint density at radius 2 is 1.96 bits per heavy atom. The number of ether oxygens (including phenoxy) is 2. The summed E-state index contributed by atoms with van der Waals surface area (Å²) in [7, 11) is 1.56. The van der Waals surface area contributed by atoms with Crippen LogP contribution < -0.4 is 14.8 Å². The standard InChI is InChI=1S/C18H19BrClNO4/c1-11(18(22)23)21-9-13-7-16(24-2)17(8-15(13)19)25-10-12-3-5-14(20)6-4-12/h3-8,11,21H,9-10H2,1-2H3,(H,22,23). The molecule has 1 atom stereocenters. The summed E-state index contributed by atoms with van der Waals surface area (Å²) in [6.07, 6.45) is 0. The van der Waals surface area contributed by atoms with Crippen molar-refractivity contribution in [2.24, 2.45) is 0 Å². The molecule has 2 N–H and O–H groups in total. The highest BCUT2D eigenvalue weighted by Gasteiger charge is 2.14. The molecule has 7 heteroatoms. The molecular formula is C18H19BrClNO4. The normalized spacial score (nSPS) is 11.8. The second-order valence-electron chi connectivity index (χ2n) is 5.45. The molecule has 0 aromatic heterocycles. The SMILES string of the molecule is COc1cc(CNC(C)C(=O)O)c(Br)cc1OCc1ccc(Cl)cc1. The predicted molar refractivity (Wildman–Crippen MR) is 100 cm³/mol. The molecule has 25 heavy (non-hydrogen) atoms. The van der Waals surface area contributed by atoms with Crippen LogP contribution in [0.4, 0.5) is 0 Å². The highest BCUT2D eigenvalue weighted by atomic mass is 79.9. The minimum Gasteiger partial charge on any atom is -0.493 e. The van der Waals surface area contributed by atoms with Crippen molar-refractivity contribution in [3.05, 3.63) is 57.0 Å². The van der Waals surface area contributed by atoms with Crippen LogP contribution >= 0.6 is 27.5 Å². The molecule has 0 radical (unpaired) electrons. The van der Waals surface area contributed by atoms with Crippen LogP contribution in [0.25, 0.3) is 0 Å². The molecular weight excluding hydrogens is 410 g/mol. The molecule has 0 aliphatic rings. The Bertz CT molecular complexity index is 737. The molecule has 0 spiro atoms. The van der Waals surface area contributed by atoms with Gasteiger partial charge in [-0.3, -0.25) is 4.79 Å². The average Bonchev–Trinajstić information content (AvgIpc) is 2.59. The largest absolute Gasteiger partial charge is 0.493 e. The van der Waals surface area contributed by atoms with E-state index in [4.69, 9.17) is 26.2 Å². The van der Waals surface area contributed by atoms with Crippen LogP contribution in [-0.2, 0) is 17.9 Å². The molecule has 0 aliphatic heterocycles. The van der Waals surface area contributed by atoms with Crippen molar-refractivity contribution < 1.29 is 19.4 Å². The van der Waals surface area contributed by atoms with Crippen LogP contribution in [0.3, 0.4) is 0 Å². The van der Waals surface area contributed by atoms with E-state index in [-0.39, 0.29) is 0 Å². The molecule has 0 amide bonds. The third kappa shape index (κ3) is 5.63. The summed E-state index contributed by atoms with van der Waals surface area (Å²) >= 11 is 9.37. The maximum atomic E-state index is 10.9. The number of benzene rings is 2. The molecule has 2 aromatic carbocycles. The van der Waals surface area contributed by atoms with Gasteiger partial charge >= 0.3 is 5.97 Å². The Balaban J connectivity index is 2.09. The van der Waals surface area contributed by atoms with Crippen LogP contribution in [0, 0.1) is 0 Å². The summed E-state index contributed by atoms with van der Waals surface area (Å²) in [6.45, 7) is 2.37. The topological polar surface area (TPSA) is 67.8 Å². The number of carboxylic acids is 1. The van der Waals surface area contributed by atoms with E-state index in [1.54, 1.807) is 14.0 Å². The fourth-order valence-electron chi connectivity index (χ4n) is 2.08.